The second-order valence-corrected chi connectivity index (χ2v) is 4.38. The SMILES string of the molecule is O=C1COc2ccc(CNCc3cn[nH]c3)cc2N1. The quantitative estimate of drug-likeness (QED) is 0.765. The molecule has 1 aliphatic heterocycles. The highest BCUT2D eigenvalue weighted by Crippen LogP contribution is 2.28. The molecule has 1 amide bonds. The number of hydrogen-bond donors (Lipinski definition) is 3. The Morgan fingerprint density at radius 1 is 1.32 bits per heavy atom. The third-order valence-electron chi connectivity index (χ3n) is 2.89. The van der Waals surface area contributed by atoms with Crippen LogP contribution in [0.2, 0.25) is 0 Å². The van der Waals surface area contributed by atoms with Gasteiger partial charge in [0.05, 0.1) is 11.9 Å². The van der Waals surface area contributed by atoms with Crippen molar-refractivity contribution in [2.24, 2.45) is 0 Å². The molecule has 0 saturated heterocycles. The fourth-order valence-electron chi connectivity index (χ4n) is 1.97. The first-order chi connectivity index (χ1) is 9.31. The highest BCUT2D eigenvalue weighted by atomic mass is 16.5. The number of benzene rings is 1. The molecule has 19 heavy (non-hydrogen) atoms. The van der Waals surface area contributed by atoms with Crippen LogP contribution in [0.15, 0.2) is 30.6 Å². The summed E-state index contributed by atoms with van der Waals surface area (Å²) in [6.45, 7) is 1.55. The molecule has 0 saturated carbocycles. The van der Waals surface area contributed by atoms with Gasteiger partial charge in [0.2, 0.25) is 0 Å². The number of hydrogen-bond acceptors (Lipinski definition) is 4. The van der Waals surface area contributed by atoms with Crippen LogP contribution in [0, 0.1) is 0 Å². The zero-order valence-corrected chi connectivity index (χ0v) is 10.3. The average Bonchev–Trinajstić information content (AvgIpc) is 2.91. The van der Waals surface area contributed by atoms with Gasteiger partial charge in [0.1, 0.15) is 5.75 Å². The van der Waals surface area contributed by atoms with Crippen LogP contribution in [0.5, 0.6) is 5.75 Å². The molecule has 3 rings (SSSR count). The van der Waals surface area contributed by atoms with E-state index in [1.54, 1.807) is 6.20 Å². The molecule has 0 unspecified atom stereocenters. The Hall–Kier alpha value is -2.34. The zero-order valence-electron chi connectivity index (χ0n) is 10.3. The smallest absolute Gasteiger partial charge is 0.262 e. The number of carbonyl (C=O) groups is 1. The van der Waals surface area contributed by atoms with E-state index in [-0.39, 0.29) is 12.5 Å². The lowest BCUT2D eigenvalue weighted by Gasteiger charge is -2.18. The zero-order chi connectivity index (χ0) is 13.1. The molecule has 2 aromatic rings. The van der Waals surface area contributed by atoms with E-state index in [4.69, 9.17) is 4.74 Å². The molecule has 0 fully saturated rings. The fourth-order valence-corrected chi connectivity index (χ4v) is 1.97. The van der Waals surface area contributed by atoms with E-state index in [1.165, 1.54) is 0 Å². The van der Waals surface area contributed by atoms with Crippen molar-refractivity contribution in [1.82, 2.24) is 15.5 Å². The summed E-state index contributed by atoms with van der Waals surface area (Å²) in [5, 5.41) is 12.8. The average molecular weight is 258 g/mol. The first-order valence-electron chi connectivity index (χ1n) is 6.05. The van der Waals surface area contributed by atoms with Crippen LogP contribution in [-0.4, -0.2) is 22.7 Å². The maximum Gasteiger partial charge on any atom is 0.262 e. The molecular formula is C13H14N4O2. The van der Waals surface area contributed by atoms with Crippen molar-refractivity contribution in [1.29, 1.82) is 0 Å². The first kappa shape index (κ1) is 11.7. The lowest BCUT2D eigenvalue weighted by Crippen LogP contribution is -2.25. The lowest BCUT2D eigenvalue weighted by molar-refractivity contribution is -0.118. The first-order valence-corrected chi connectivity index (χ1v) is 6.05. The molecule has 1 aromatic carbocycles. The predicted molar refractivity (Wildman–Crippen MR) is 69.7 cm³/mol. The van der Waals surface area contributed by atoms with Crippen LogP contribution in [-0.2, 0) is 17.9 Å². The van der Waals surface area contributed by atoms with Crippen molar-refractivity contribution in [3.63, 3.8) is 0 Å². The van der Waals surface area contributed by atoms with E-state index in [2.05, 4.69) is 20.8 Å². The Balaban J connectivity index is 1.62. The molecule has 3 N–H and O–H groups in total. The molecule has 0 aliphatic carbocycles. The number of fused-ring (bicyclic) bond motifs is 1. The summed E-state index contributed by atoms with van der Waals surface area (Å²) in [5.41, 5.74) is 2.93. The molecular weight excluding hydrogens is 244 g/mol. The largest absolute Gasteiger partial charge is 0.482 e. The topological polar surface area (TPSA) is 79.0 Å². The summed E-state index contributed by atoms with van der Waals surface area (Å²) in [6, 6.07) is 5.79. The molecule has 0 bridgehead atoms. The van der Waals surface area contributed by atoms with Crippen LogP contribution in [0.3, 0.4) is 0 Å². The highest BCUT2D eigenvalue weighted by molar-refractivity contribution is 5.95. The second kappa shape index (κ2) is 5.11. The number of aromatic nitrogens is 2. The minimum atomic E-state index is -0.115. The van der Waals surface area contributed by atoms with Gasteiger partial charge in [-0.2, -0.15) is 5.10 Å². The molecule has 0 radical (unpaired) electrons. The number of nitrogens with zero attached hydrogens (tertiary/aromatic N) is 1. The third-order valence-corrected chi connectivity index (χ3v) is 2.89. The number of amides is 1. The van der Waals surface area contributed by atoms with Crippen molar-refractivity contribution in [2.45, 2.75) is 13.1 Å². The molecule has 6 heteroatoms. The van der Waals surface area contributed by atoms with E-state index in [0.717, 1.165) is 29.1 Å². The summed E-state index contributed by atoms with van der Waals surface area (Å²) in [4.78, 5) is 11.2. The van der Waals surface area contributed by atoms with Gasteiger partial charge in [-0.3, -0.25) is 9.89 Å². The van der Waals surface area contributed by atoms with Gasteiger partial charge in [-0.25, -0.2) is 0 Å². The van der Waals surface area contributed by atoms with Crippen LogP contribution < -0.4 is 15.4 Å². The van der Waals surface area contributed by atoms with Gasteiger partial charge in [-0.1, -0.05) is 6.07 Å². The lowest BCUT2D eigenvalue weighted by atomic mass is 10.1. The predicted octanol–water partition coefficient (Wildman–Crippen LogP) is 1.03. The number of anilines is 1. The van der Waals surface area contributed by atoms with Crippen molar-refractivity contribution >= 4 is 11.6 Å². The Morgan fingerprint density at radius 2 is 2.21 bits per heavy atom. The minimum Gasteiger partial charge on any atom is -0.482 e. The monoisotopic (exact) mass is 258 g/mol. The normalized spacial score (nSPS) is 13.6. The number of ether oxygens (including phenoxy) is 1. The Morgan fingerprint density at radius 3 is 3.05 bits per heavy atom. The van der Waals surface area contributed by atoms with Gasteiger partial charge in [0.25, 0.3) is 5.91 Å². The minimum absolute atomic E-state index is 0.0884. The second-order valence-electron chi connectivity index (χ2n) is 4.38. The van der Waals surface area contributed by atoms with E-state index in [0.29, 0.717) is 6.54 Å². The molecule has 1 aromatic heterocycles. The summed E-state index contributed by atoms with van der Waals surface area (Å²) in [7, 11) is 0. The van der Waals surface area contributed by atoms with Crippen molar-refractivity contribution in [3.05, 3.63) is 41.7 Å². The number of nitrogens with one attached hydrogen (secondary N) is 3. The number of aromatic amines is 1. The number of carbonyl (C=O) groups excluding carboxylic acids is 1. The molecule has 1 aliphatic rings. The van der Waals surface area contributed by atoms with Crippen LogP contribution >= 0.6 is 0 Å². The standard InChI is InChI=1S/C13H14N4O2/c18-13-8-19-12-2-1-9(3-11(12)17-13)4-14-5-10-6-15-16-7-10/h1-3,6-7,14H,4-5,8H2,(H,15,16)(H,17,18). The van der Waals surface area contributed by atoms with Crippen LogP contribution in [0.4, 0.5) is 5.69 Å². The maximum absolute atomic E-state index is 11.2. The van der Waals surface area contributed by atoms with Crippen LogP contribution in [0.1, 0.15) is 11.1 Å². The molecule has 0 atom stereocenters. The molecule has 98 valence electrons. The van der Waals surface area contributed by atoms with E-state index >= 15 is 0 Å². The Kier molecular flexibility index (Phi) is 3.16. The van der Waals surface area contributed by atoms with E-state index < -0.39 is 0 Å². The van der Waals surface area contributed by atoms with Crippen molar-refractivity contribution < 1.29 is 9.53 Å². The van der Waals surface area contributed by atoms with Gasteiger partial charge < -0.3 is 15.4 Å². The van der Waals surface area contributed by atoms with Gasteiger partial charge in [-0.15, -0.1) is 0 Å². The number of rotatable bonds is 4. The number of H-pyrrole nitrogens is 1. The van der Waals surface area contributed by atoms with Gasteiger partial charge in [-0.05, 0) is 17.7 Å². The highest BCUT2D eigenvalue weighted by Gasteiger charge is 2.15. The fraction of sp³-hybridized carbons (Fsp3) is 0.231. The van der Waals surface area contributed by atoms with Crippen molar-refractivity contribution in [2.75, 3.05) is 11.9 Å². The summed E-state index contributed by atoms with van der Waals surface area (Å²) in [5.74, 6) is 0.606. The third kappa shape index (κ3) is 2.74. The van der Waals surface area contributed by atoms with E-state index in [9.17, 15) is 4.79 Å². The summed E-state index contributed by atoms with van der Waals surface area (Å²) in [6.07, 6.45) is 3.64. The van der Waals surface area contributed by atoms with Crippen molar-refractivity contribution in [3.8, 4) is 5.75 Å². The maximum atomic E-state index is 11.2. The Bertz CT molecular complexity index is 580. The van der Waals surface area contributed by atoms with Gasteiger partial charge in [0, 0.05) is 24.8 Å². The summed E-state index contributed by atoms with van der Waals surface area (Å²) < 4.78 is 5.31. The molecule has 2 heterocycles. The Labute approximate surface area is 110 Å². The van der Waals surface area contributed by atoms with Gasteiger partial charge in [0.15, 0.2) is 6.61 Å². The van der Waals surface area contributed by atoms with Crippen LogP contribution in [0.25, 0.3) is 0 Å². The van der Waals surface area contributed by atoms with E-state index in [1.807, 2.05) is 24.4 Å². The molecule has 6 nitrogen and oxygen atoms in total. The summed E-state index contributed by atoms with van der Waals surface area (Å²) >= 11 is 0. The molecule has 0 spiro atoms. The van der Waals surface area contributed by atoms with Gasteiger partial charge >= 0.3 is 0 Å².